The number of halogens is 1. The third-order valence-electron chi connectivity index (χ3n) is 3.54. The van der Waals surface area contributed by atoms with Crippen molar-refractivity contribution in [3.63, 3.8) is 0 Å². The van der Waals surface area contributed by atoms with E-state index in [1.165, 1.54) is 6.07 Å². The van der Waals surface area contributed by atoms with Crippen molar-refractivity contribution in [2.75, 3.05) is 17.6 Å². The van der Waals surface area contributed by atoms with Gasteiger partial charge in [-0.25, -0.2) is 4.39 Å². The minimum atomic E-state index is -0.424. The predicted molar refractivity (Wildman–Crippen MR) is 102 cm³/mol. The van der Waals surface area contributed by atoms with Gasteiger partial charge in [-0.05, 0) is 36.2 Å². The van der Waals surface area contributed by atoms with E-state index >= 15 is 0 Å². The molecular formula is C18H17FN2OS2. The molecule has 0 radical (unpaired) electrons. The van der Waals surface area contributed by atoms with Crippen molar-refractivity contribution < 1.29 is 9.18 Å². The van der Waals surface area contributed by atoms with Gasteiger partial charge in [0.05, 0.1) is 12.2 Å². The summed E-state index contributed by atoms with van der Waals surface area (Å²) in [7, 11) is 0. The molecule has 1 heterocycles. The lowest BCUT2D eigenvalue weighted by atomic mass is 10.1. The molecule has 1 aliphatic rings. The Morgan fingerprint density at radius 2 is 2.17 bits per heavy atom. The molecule has 0 unspecified atom stereocenters. The second-order valence-electron chi connectivity index (χ2n) is 5.38. The van der Waals surface area contributed by atoms with Crippen LogP contribution < -0.4 is 5.32 Å². The van der Waals surface area contributed by atoms with Crippen LogP contribution in [0.3, 0.4) is 0 Å². The number of rotatable bonds is 4. The summed E-state index contributed by atoms with van der Waals surface area (Å²) in [5.41, 5.74) is 2.50. The molecule has 124 valence electrons. The van der Waals surface area contributed by atoms with Crippen molar-refractivity contribution in [1.29, 1.82) is 0 Å². The van der Waals surface area contributed by atoms with Gasteiger partial charge in [0, 0.05) is 17.1 Å². The zero-order valence-electron chi connectivity index (χ0n) is 13.2. The number of aliphatic imine (C=N–C) groups is 1. The third-order valence-corrected chi connectivity index (χ3v) is 5.84. The van der Waals surface area contributed by atoms with Gasteiger partial charge in [-0.1, -0.05) is 47.8 Å². The van der Waals surface area contributed by atoms with Crippen molar-refractivity contribution in [3.8, 4) is 0 Å². The molecule has 0 spiro atoms. The van der Waals surface area contributed by atoms with E-state index in [1.807, 2.05) is 25.1 Å². The molecule has 3 rings (SSSR count). The van der Waals surface area contributed by atoms with Crippen LogP contribution in [0.1, 0.15) is 21.5 Å². The molecule has 2 aromatic carbocycles. The Labute approximate surface area is 149 Å². The number of carbonyl (C=O) groups excluding carboxylic acids is 1. The highest BCUT2D eigenvalue weighted by Crippen LogP contribution is 2.27. The number of hydrogen-bond donors (Lipinski definition) is 1. The molecule has 1 aliphatic heterocycles. The fraction of sp³-hybridized carbons (Fsp3) is 0.222. The molecule has 0 aliphatic carbocycles. The number of anilines is 1. The Balaban J connectivity index is 1.74. The van der Waals surface area contributed by atoms with Crippen LogP contribution in [0.15, 0.2) is 47.5 Å². The van der Waals surface area contributed by atoms with E-state index < -0.39 is 5.82 Å². The molecule has 0 fully saturated rings. The van der Waals surface area contributed by atoms with Crippen LogP contribution in [0, 0.1) is 12.7 Å². The Morgan fingerprint density at radius 1 is 1.33 bits per heavy atom. The smallest absolute Gasteiger partial charge is 0.256 e. The molecule has 0 atom stereocenters. The summed E-state index contributed by atoms with van der Waals surface area (Å²) >= 11 is 3.38. The zero-order chi connectivity index (χ0) is 16.9. The summed E-state index contributed by atoms with van der Waals surface area (Å²) in [5.74, 6) is 0.977. The van der Waals surface area contributed by atoms with Gasteiger partial charge in [0.15, 0.2) is 0 Å². The molecule has 0 aromatic heterocycles. The van der Waals surface area contributed by atoms with Gasteiger partial charge in [-0.2, -0.15) is 0 Å². The number of nitrogens with zero attached hydrogens (tertiary/aromatic N) is 1. The number of aryl methyl sites for hydroxylation is 1. The van der Waals surface area contributed by atoms with Gasteiger partial charge < -0.3 is 5.32 Å². The van der Waals surface area contributed by atoms with Crippen LogP contribution in [0.2, 0.25) is 0 Å². The van der Waals surface area contributed by atoms with E-state index in [0.29, 0.717) is 11.3 Å². The standard InChI is InChI=1S/C18H17FN2OS2/c1-12-6-7-16(15(19)10-12)21-17(22)14-5-3-2-4-13(14)11-24-18-20-8-9-23-18/h2-7,10H,8-9,11H2,1H3,(H,21,22). The minimum absolute atomic E-state index is 0.198. The third kappa shape index (κ3) is 4.19. The number of nitrogens with one attached hydrogen (secondary N) is 1. The zero-order valence-corrected chi connectivity index (χ0v) is 14.8. The quantitative estimate of drug-likeness (QED) is 0.857. The highest BCUT2D eigenvalue weighted by molar-refractivity contribution is 8.38. The fourth-order valence-corrected chi connectivity index (χ4v) is 4.33. The molecule has 1 N–H and O–H groups in total. The van der Waals surface area contributed by atoms with Crippen molar-refractivity contribution >= 4 is 39.5 Å². The van der Waals surface area contributed by atoms with Gasteiger partial charge in [0.1, 0.15) is 10.2 Å². The Hall–Kier alpha value is -1.79. The molecular weight excluding hydrogens is 343 g/mol. The summed E-state index contributed by atoms with van der Waals surface area (Å²) in [6, 6.07) is 12.2. The van der Waals surface area contributed by atoms with Gasteiger partial charge in [0.2, 0.25) is 0 Å². The number of carbonyl (C=O) groups is 1. The van der Waals surface area contributed by atoms with Crippen LogP contribution in [-0.4, -0.2) is 22.6 Å². The average molecular weight is 360 g/mol. The van der Waals surface area contributed by atoms with E-state index in [2.05, 4.69) is 10.3 Å². The molecule has 0 bridgehead atoms. The summed E-state index contributed by atoms with van der Waals surface area (Å²) in [6.45, 7) is 2.67. The second-order valence-corrected chi connectivity index (χ2v) is 7.69. The molecule has 1 amide bonds. The van der Waals surface area contributed by atoms with Crippen LogP contribution in [-0.2, 0) is 5.75 Å². The fourth-order valence-electron chi connectivity index (χ4n) is 2.32. The highest BCUT2D eigenvalue weighted by Gasteiger charge is 2.15. The lowest BCUT2D eigenvalue weighted by Crippen LogP contribution is -2.15. The van der Waals surface area contributed by atoms with Crippen molar-refractivity contribution in [2.45, 2.75) is 12.7 Å². The van der Waals surface area contributed by atoms with E-state index in [-0.39, 0.29) is 11.6 Å². The van der Waals surface area contributed by atoms with Gasteiger partial charge >= 0.3 is 0 Å². The maximum atomic E-state index is 13.9. The second kappa shape index (κ2) is 7.85. The normalized spacial score (nSPS) is 13.7. The van der Waals surface area contributed by atoms with E-state index in [0.717, 1.165) is 27.8 Å². The van der Waals surface area contributed by atoms with Gasteiger partial charge in [-0.3, -0.25) is 9.79 Å². The molecule has 0 saturated heterocycles. The molecule has 2 aromatic rings. The monoisotopic (exact) mass is 360 g/mol. The van der Waals surface area contributed by atoms with Crippen molar-refractivity contribution in [1.82, 2.24) is 0 Å². The number of thioether (sulfide) groups is 2. The predicted octanol–water partition coefficient (Wildman–Crippen LogP) is 4.72. The van der Waals surface area contributed by atoms with Crippen LogP contribution >= 0.6 is 23.5 Å². The maximum absolute atomic E-state index is 13.9. The first-order valence-electron chi connectivity index (χ1n) is 7.59. The first-order chi connectivity index (χ1) is 11.6. The number of benzene rings is 2. The molecule has 24 heavy (non-hydrogen) atoms. The highest BCUT2D eigenvalue weighted by atomic mass is 32.2. The minimum Gasteiger partial charge on any atom is -0.319 e. The Kier molecular flexibility index (Phi) is 5.58. The summed E-state index contributed by atoms with van der Waals surface area (Å²) in [5, 5.41) is 2.66. The van der Waals surface area contributed by atoms with Gasteiger partial charge in [0.25, 0.3) is 5.91 Å². The van der Waals surface area contributed by atoms with E-state index in [1.54, 1.807) is 41.7 Å². The average Bonchev–Trinajstić information content (AvgIpc) is 3.09. The topological polar surface area (TPSA) is 41.5 Å². The van der Waals surface area contributed by atoms with Gasteiger partial charge in [-0.15, -0.1) is 0 Å². The lowest BCUT2D eigenvalue weighted by molar-refractivity contribution is 0.102. The largest absolute Gasteiger partial charge is 0.319 e. The number of amides is 1. The molecule has 3 nitrogen and oxygen atoms in total. The lowest BCUT2D eigenvalue weighted by Gasteiger charge is -2.11. The summed E-state index contributed by atoms with van der Waals surface area (Å²) in [4.78, 5) is 17.0. The molecule has 0 saturated carbocycles. The van der Waals surface area contributed by atoms with Crippen LogP contribution in [0.25, 0.3) is 0 Å². The van der Waals surface area contributed by atoms with Crippen LogP contribution in [0.4, 0.5) is 10.1 Å². The first kappa shape index (κ1) is 17.0. The number of hydrogen-bond acceptors (Lipinski definition) is 4. The Bertz CT molecular complexity index is 792. The SMILES string of the molecule is Cc1ccc(NC(=O)c2ccccc2CSC2=NCCS2)c(F)c1. The summed E-state index contributed by atoms with van der Waals surface area (Å²) < 4.78 is 15.0. The molecule has 6 heteroatoms. The van der Waals surface area contributed by atoms with Crippen molar-refractivity contribution in [2.24, 2.45) is 4.99 Å². The first-order valence-corrected chi connectivity index (χ1v) is 9.56. The van der Waals surface area contributed by atoms with E-state index in [9.17, 15) is 9.18 Å². The van der Waals surface area contributed by atoms with Crippen LogP contribution in [0.5, 0.6) is 0 Å². The maximum Gasteiger partial charge on any atom is 0.256 e. The van der Waals surface area contributed by atoms with E-state index in [4.69, 9.17) is 0 Å². The van der Waals surface area contributed by atoms with Crippen molar-refractivity contribution in [3.05, 3.63) is 65.0 Å². The Morgan fingerprint density at radius 3 is 2.92 bits per heavy atom. The summed E-state index contributed by atoms with van der Waals surface area (Å²) in [6.07, 6.45) is 0.